The molecule has 0 spiro atoms. The second-order valence-corrected chi connectivity index (χ2v) is 11.0. The third-order valence-electron chi connectivity index (χ3n) is 5.68. The Balaban J connectivity index is 1.76. The minimum Gasteiger partial charge on any atom is -0.493 e. The maximum atomic E-state index is 13.0. The van der Waals surface area contributed by atoms with Crippen molar-refractivity contribution >= 4 is 38.9 Å². The first kappa shape index (κ1) is 27.8. The van der Waals surface area contributed by atoms with Gasteiger partial charge in [0.25, 0.3) is 15.9 Å². The summed E-state index contributed by atoms with van der Waals surface area (Å²) in [5.74, 6) is 0.957. The molecule has 0 atom stereocenters. The molecule has 0 unspecified atom stereocenters. The SMILES string of the molecule is CCCCCCCCOc1cc(/C=C2\SC(=NS(=O)(=O)c3ccccc3)N(CC)C2=O)ccc1OC. The number of thioether (sulfide) groups is 1. The number of rotatable bonds is 13. The summed E-state index contributed by atoms with van der Waals surface area (Å²) in [7, 11) is -2.34. The highest BCUT2D eigenvalue weighted by Gasteiger charge is 2.34. The van der Waals surface area contributed by atoms with E-state index in [1.807, 2.05) is 12.1 Å². The van der Waals surface area contributed by atoms with Crippen molar-refractivity contribution < 1.29 is 22.7 Å². The minimum atomic E-state index is -3.93. The van der Waals surface area contributed by atoms with Crippen molar-refractivity contribution in [2.75, 3.05) is 20.3 Å². The van der Waals surface area contributed by atoms with Gasteiger partial charge in [-0.1, -0.05) is 63.3 Å². The second-order valence-electron chi connectivity index (χ2n) is 8.35. The summed E-state index contributed by atoms with van der Waals surface area (Å²) in [5.41, 5.74) is 0.757. The second kappa shape index (κ2) is 13.5. The van der Waals surface area contributed by atoms with Gasteiger partial charge < -0.3 is 9.47 Å². The highest BCUT2D eigenvalue weighted by Crippen LogP contribution is 2.35. The molecule has 1 aliphatic heterocycles. The van der Waals surface area contributed by atoms with Gasteiger partial charge in [-0.25, -0.2) is 0 Å². The fraction of sp³-hybridized carbons (Fsp3) is 0.407. The van der Waals surface area contributed by atoms with E-state index in [1.165, 1.54) is 42.7 Å². The van der Waals surface area contributed by atoms with Crippen molar-refractivity contribution in [3.8, 4) is 11.5 Å². The number of hydrogen-bond acceptors (Lipinski definition) is 6. The lowest BCUT2D eigenvalue weighted by Gasteiger charge is -2.12. The molecular formula is C27H34N2O5S2. The summed E-state index contributed by atoms with van der Waals surface area (Å²) in [6, 6.07) is 13.5. The number of likely N-dealkylation sites (N-methyl/N-ethyl adjacent to an activating group) is 1. The minimum absolute atomic E-state index is 0.0846. The molecule has 0 saturated carbocycles. The largest absolute Gasteiger partial charge is 0.493 e. The lowest BCUT2D eigenvalue weighted by molar-refractivity contribution is -0.122. The zero-order chi connectivity index (χ0) is 26.0. The van der Waals surface area contributed by atoms with Crippen molar-refractivity contribution in [1.29, 1.82) is 0 Å². The van der Waals surface area contributed by atoms with Gasteiger partial charge in [0.2, 0.25) is 0 Å². The van der Waals surface area contributed by atoms with E-state index >= 15 is 0 Å². The van der Waals surface area contributed by atoms with E-state index in [0.29, 0.717) is 29.6 Å². The van der Waals surface area contributed by atoms with Crippen LogP contribution in [0.2, 0.25) is 0 Å². The molecule has 0 aliphatic carbocycles. The fourth-order valence-electron chi connectivity index (χ4n) is 3.71. The molecule has 2 aromatic carbocycles. The number of amides is 1. The lowest BCUT2D eigenvalue weighted by Crippen LogP contribution is -2.29. The Morgan fingerprint density at radius 3 is 2.39 bits per heavy atom. The van der Waals surface area contributed by atoms with E-state index in [9.17, 15) is 13.2 Å². The van der Waals surface area contributed by atoms with E-state index in [2.05, 4.69) is 11.3 Å². The molecule has 2 aromatic rings. The Hall–Kier alpha value is -2.78. The molecule has 3 rings (SSSR count). The van der Waals surface area contributed by atoms with Crippen molar-refractivity contribution in [2.24, 2.45) is 4.40 Å². The van der Waals surface area contributed by atoms with E-state index in [0.717, 1.165) is 30.2 Å². The number of unbranched alkanes of at least 4 members (excludes halogenated alkanes) is 5. The summed E-state index contributed by atoms with van der Waals surface area (Å²) < 4.78 is 40.9. The average molecular weight is 531 g/mol. The first-order valence-electron chi connectivity index (χ1n) is 12.3. The van der Waals surface area contributed by atoms with Crippen LogP contribution in [0.5, 0.6) is 11.5 Å². The maximum absolute atomic E-state index is 13.0. The Kier molecular flexibility index (Phi) is 10.4. The van der Waals surface area contributed by atoms with E-state index in [1.54, 1.807) is 44.4 Å². The molecule has 1 fully saturated rings. The number of amidine groups is 1. The highest BCUT2D eigenvalue weighted by molar-refractivity contribution is 8.19. The van der Waals surface area contributed by atoms with Crippen LogP contribution in [0.15, 0.2) is 62.7 Å². The molecule has 7 nitrogen and oxygen atoms in total. The number of benzene rings is 2. The number of hydrogen-bond donors (Lipinski definition) is 0. The standard InChI is InChI=1S/C27H34N2O5S2/c1-4-6-7-8-9-13-18-34-24-19-21(16-17-23(24)33-3)20-25-26(30)29(5-2)27(35-25)28-36(31,32)22-14-11-10-12-15-22/h10-12,14-17,19-20H,4-9,13,18H2,1-3H3/b25-20-,28-27?. The van der Waals surface area contributed by atoms with Gasteiger partial charge in [0, 0.05) is 6.54 Å². The number of methoxy groups -OCH3 is 1. The summed E-state index contributed by atoms with van der Waals surface area (Å²) in [5, 5.41) is 0.144. The van der Waals surface area contributed by atoms with E-state index < -0.39 is 10.0 Å². The van der Waals surface area contributed by atoms with Crippen LogP contribution < -0.4 is 9.47 Å². The smallest absolute Gasteiger partial charge is 0.284 e. The van der Waals surface area contributed by atoms with Gasteiger partial charge in [0.15, 0.2) is 16.7 Å². The quantitative estimate of drug-likeness (QED) is 0.229. The molecule has 0 radical (unpaired) electrons. The highest BCUT2D eigenvalue weighted by atomic mass is 32.2. The number of carbonyl (C=O) groups is 1. The van der Waals surface area contributed by atoms with Crippen LogP contribution in [0, 0.1) is 0 Å². The Morgan fingerprint density at radius 2 is 1.69 bits per heavy atom. The fourth-order valence-corrected chi connectivity index (χ4v) is 5.98. The van der Waals surface area contributed by atoms with Crippen LogP contribution in [0.1, 0.15) is 57.9 Å². The topological polar surface area (TPSA) is 85.3 Å². The zero-order valence-corrected chi connectivity index (χ0v) is 22.7. The van der Waals surface area contributed by atoms with Gasteiger partial charge in [-0.15, -0.1) is 4.40 Å². The summed E-state index contributed by atoms with van der Waals surface area (Å²) in [6.45, 7) is 4.89. The maximum Gasteiger partial charge on any atom is 0.284 e. The van der Waals surface area contributed by atoms with Crippen LogP contribution >= 0.6 is 11.8 Å². The predicted molar refractivity (Wildman–Crippen MR) is 146 cm³/mol. The molecule has 0 N–H and O–H groups in total. The van der Waals surface area contributed by atoms with Gasteiger partial charge in [-0.2, -0.15) is 8.42 Å². The average Bonchev–Trinajstić information content (AvgIpc) is 3.16. The number of sulfonamides is 1. The summed E-state index contributed by atoms with van der Waals surface area (Å²) >= 11 is 1.05. The van der Waals surface area contributed by atoms with Crippen LogP contribution in [-0.4, -0.2) is 44.7 Å². The van der Waals surface area contributed by atoms with E-state index in [4.69, 9.17) is 9.47 Å². The number of ether oxygens (including phenoxy) is 2. The lowest BCUT2D eigenvalue weighted by atomic mass is 10.1. The molecule has 36 heavy (non-hydrogen) atoms. The number of carbonyl (C=O) groups excluding carboxylic acids is 1. The van der Waals surface area contributed by atoms with Crippen molar-refractivity contribution in [3.63, 3.8) is 0 Å². The Bertz CT molecular complexity index is 1190. The van der Waals surface area contributed by atoms with Gasteiger partial charge in [-0.05, 0) is 61.0 Å². The Labute approximate surface area is 218 Å². The molecule has 1 saturated heterocycles. The van der Waals surface area contributed by atoms with Gasteiger partial charge in [0.1, 0.15) is 0 Å². The molecule has 0 aromatic heterocycles. The first-order valence-corrected chi connectivity index (χ1v) is 14.6. The zero-order valence-electron chi connectivity index (χ0n) is 21.1. The van der Waals surface area contributed by atoms with Gasteiger partial charge >= 0.3 is 0 Å². The monoisotopic (exact) mass is 530 g/mol. The summed E-state index contributed by atoms with van der Waals surface area (Å²) in [4.78, 5) is 14.9. The van der Waals surface area contributed by atoms with Crippen LogP contribution in [0.25, 0.3) is 6.08 Å². The third kappa shape index (κ3) is 7.36. The number of nitrogens with zero attached hydrogens (tertiary/aromatic N) is 2. The van der Waals surface area contributed by atoms with Gasteiger partial charge in [-0.3, -0.25) is 9.69 Å². The molecule has 9 heteroatoms. The van der Waals surface area contributed by atoms with Crippen molar-refractivity contribution in [1.82, 2.24) is 4.90 Å². The molecular weight excluding hydrogens is 496 g/mol. The van der Waals surface area contributed by atoms with Crippen LogP contribution in [0.3, 0.4) is 0 Å². The van der Waals surface area contributed by atoms with Crippen LogP contribution in [0.4, 0.5) is 0 Å². The normalized spacial score (nSPS) is 16.2. The molecule has 1 heterocycles. The van der Waals surface area contributed by atoms with Crippen molar-refractivity contribution in [2.45, 2.75) is 57.3 Å². The Morgan fingerprint density at radius 1 is 0.972 bits per heavy atom. The molecule has 1 aliphatic rings. The van der Waals surface area contributed by atoms with Crippen molar-refractivity contribution in [3.05, 3.63) is 59.0 Å². The first-order chi connectivity index (χ1) is 17.4. The molecule has 0 bridgehead atoms. The molecule has 1 amide bonds. The summed E-state index contributed by atoms with van der Waals surface area (Å²) in [6.07, 6.45) is 8.76. The van der Waals surface area contributed by atoms with E-state index in [-0.39, 0.29) is 16.0 Å². The predicted octanol–water partition coefficient (Wildman–Crippen LogP) is 6.12. The molecule has 194 valence electrons. The van der Waals surface area contributed by atoms with Gasteiger partial charge in [0.05, 0.1) is 23.5 Å². The van der Waals surface area contributed by atoms with Crippen LogP contribution in [-0.2, 0) is 14.8 Å². The third-order valence-corrected chi connectivity index (χ3v) is 8.09.